The molecule has 0 aromatic rings. The van der Waals surface area contributed by atoms with Gasteiger partial charge < -0.3 is 6.15 Å². The van der Waals surface area contributed by atoms with Crippen LogP contribution in [0.15, 0.2) is 0 Å². The zero-order valence-corrected chi connectivity index (χ0v) is 17.6. The predicted molar refractivity (Wildman–Crippen MR) is 106 cm³/mol. The maximum Gasteiger partial charge on any atom is 0.399 e. The lowest BCUT2D eigenvalue weighted by Crippen LogP contribution is -2.08. The van der Waals surface area contributed by atoms with Crippen molar-refractivity contribution in [2.45, 2.75) is 110 Å². The van der Waals surface area contributed by atoms with E-state index in [2.05, 4.69) is 15.3 Å². The summed E-state index contributed by atoms with van der Waals surface area (Å²) in [7, 11) is -2.63. The molecule has 0 spiro atoms. The zero-order chi connectivity index (χ0) is 17.9. The van der Waals surface area contributed by atoms with Gasteiger partial charge in [-0.1, -0.05) is 103 Å². The molecule has 0 saturated heterocycles. The maximum absolute atomic E-state index is 10.9. The molecule has 0 radical (unpaired) electrons. The normalized spacial score (nSPS) is 11.4. The van der Waals surface area contributed by atoms with E-state index in [9.17, 15) is 8.42 Å². The van der Waals surface area contributed by atoms with Crippen molar-refractivity contribution >= 4 is 10.4 Å². The van der Waals surface area contributed by atoms with E-state index < -0.39 is 10.4 Å². The maximum atomic E-state index is 10.9. The summed E-state index contributed by atoms with van der Waals surface area (Å²) >= 11 is 0. The van der Waals surface area contributed by atoms with E-state index in [1.807, 2.05) is 0 Å². The summed E-state index contributed by atoms with van der Waals surface area (Å²) in [6, 6.07) is 0. The van der Waals surface area contributed by atoms with Crippen LogP contribution in [0.1, 0.15) is 110 Å². The van der Waals surface area contributed by atoms with Crippen molar-refractivity contribution in [2.24, 2.45) is 0 Å². The van der Waals surface area contributed by atoms with Gasteiger partial charge in [-0.05, 0) is 6.42 Å². The van der Waals surface area contributed by atoms with Crippen LogP contribution in [0, 0.1) is 0 Å². The van der Waals surface area contributed by atoms with E-state index >= 15 is 0 Å². The third kappa shape index (κ3) is 21.8. The molecule has 0 rings (SSSR count). The summed E-state index contributed by atoms with van der Waals surface area (Å²) in [6.07, 6.45) is 20.8. The van der Waals surface area contributed by atoms with Gasteiger partial charge in [0.2, 0.25) is 0 Å². The average molecular weight is 382 g/mol. The minimum absolute atomic E-state index is 0. The third-order valence-electron chi connectivity index (χ3n) is 4.43. The fraction of sp³-hybridized carbons (Fsp3) is 1.00. The topological polar surface area (TPSA) is 87.6 Å². The highest BCUT2D eigenvalue weighted by atomic mass is 32.3. The van der Waals surface area contributed by atoms with Crippen LogP contribution in [0.25, 0.3) is 0 Å². The van der Waals surface area contributed by atoms with Crippen LogP contribution in [-0.4, -0.2) is 22.1 Å². The Bertz CT molecular complexity index is 347. The zero-order valence-electron chi connectivity index (χ0n) is 16.8. The van der Waals surface area contributed by atoms with Gasteiger partial charge in [0.05, 0.1) is 13.7 Å². The lowest BCUT2D eigenvalue weighted by molar-refractivity contribution is 0.238. The Balaban J connectivity index is 0. The van der Waals surface area contributed by atoms with E-state index in [1.165, 1.54) is 83.5 Å². The predicted octanol–water partition coefficient (Wildman–Crippen LogP) is 6.32. The second-order valence-electron chi connectivity index (χ2n) is 6.70. The minimum atomic E-state index is -3.74. The largest absolute Gasteiger partial charge is 0.399 e. The van der Waals surface area contributed by atoms with Crippen LogP contribution in [0.4, 0.5) is 0 Å². The molecule has 0 fully saturated rings. The van der Waals surface area contributed by atoms with E-state index in [0.717, 1.165) is 26.4 Å². The van der Waals surface area contributed by atoms with Crippen molar-refractivity contribution in [3.05, 3.63) is 0 Å². The molecule has 0 aromatic carbocycles. The first-order valence-electron chi connectivity index (χ1n) is 10.1. The molecule has 0 amide bonds. The first-order valence-corrected chi connectivity index (χ1v) is 11.4. The highest BCUT2D eigenvalue weighted by Crippen LogP contribution is 2.13. The van der Waals surface area contributed by atoms with E-state index in [-0.39, 0.29) is 12.8 Å². The number of hydrogen-bond donors (Lipinski definition) is 1. The van der Waals surface area contributed by atoms with Gasteiger partial charge in [0.25, 0.3) is 0 Å². The minimum Gasteiger partial charge on any atom is -0.344 e. The number of hydrogen-bond acceptors (Lipinski definition) is 5. The first kappa shape index (κ1) is 27.1. The Hall–Kier alpha value is -0.170. The highest BCUT2D eigenvalue weighted by molar-refractivity contribution is 7.81. The molecule has 0 atom stereocenters. The Labute approximate surface area is 157 Å². The molecule has 0 aliphatic carbocycles. The van der Waals surface area contributed by atoms with Gasteiger partial charge in [-0.3, -0.25) is 4.18 Å². The van der Waals surface area contributed by atoms with Crippen LogP contribution < -0.4 is 6.15 Å². The molecule has 0 aromatic heterocycles. The molecule has 3 N–H and O–H groups in total. The van der Waals surface area contributed by atoms with Gasteiger partial charge in [-0.25, -0.2) is 4.18 Å². The quantitative estimate of drug-likeness (QED) is 0.265. The Morgan fingerprint density at radius 2 is 0.920 bits per heavy atom. The van der Waals surface area contributed by atoms with Crippen LogP contribution in [0.5, 0.6) is 0 Å². The van der Waals surface area contributed by atoms with Crippen LogP contribution in [0.2, 0.25) is 0 Å². The SMILES string of the molecule is CCCCCCCCCCCCCCCCCCOS(=O)(=O)OC.N. The van der Waals surface area contributed by atoms with E-state index in [4.69, 9.17) is 0 Å². The van der Waals surface area contributed by atoms with Crippen molar-refractivity contribution < 1.29 is 16.8 Å². The molecule has 25 heavy (non-hydrogen) atoms. The van der Waals surface area contributed by atoms with Crippen molar-refractivity contribution in [3.63, 3.8) is 0 Å². The van der Waals surface area contributed by atoms with Crippen molar-refractivity contribution in [1.82, 2.24) is 6.15 Å². The van der Waals surface area contributed by atoms with E-state index in [1.54, 1.807) is 0 Å². The molecule has 0 unspecified atom stereocenters. The molecule has 0 saturated carbocycles. The monoisotopic (exact) mass is 381 g/mol. The molecular formula is C19H43NO4S. The molecule has 6 heteroatoms. The van der Waals surface area contributed by atoms with Crippen molar-refractivity contribution in [1.29, 1.82) is 0 Å². The van der Waals surface area contributed by atoms with Crippen LogP contribution >= 0.6 is 0 Å². The van der Waals surface area contributed by atoms with Gasteiger partial charge in [0.1, 0.15) is 0 Å². The summed E-state index contributed by atoms with van der Waals surface area (Å²) in [5.74, 6) is 0. The molecule has 0 bridgehead atoms. The molecule has 0 heterocycles. The second kappa shape index (κ2) is 20.1. The summed E-state index contributed by atoms with van der Waals surface area (Å²) in [5.41, 5.74) is 0. The highest BCUT2D eigenvalue weighted by Gasteiger charge is 2.07. The van der Waals surface area contributed by atoms with Crippen LogP contribution in [0.3, 0.4) is 0 Å². The Morgan fingerprint density at radius 3 is 1.24 bits per heavy atom. The Kier molecular flexibility index (Phi) is 21.8. The van der Waals surface area contributed by atoms with Crippen molar-refractivity contribution in [3.8, 4) is 0 Å². The molecule has 5 nitrogen and oxygen atoms in total. The van der Waals surface area contributed by atoms with E-state index in [0.29, 0.717) is 0 Å². The summed E-state index contributed by atoms with van der Waals surface area (Å²) in [6.45, 7) is 2.50. The lowest BCUT2D eigenvalue weighted by Gasteiger charge is -2.04. The molecular weight excluding hydrogens is 338 g/mol. The third-order valence-corrected chi connectivity index (χ3v) is 5.29. The first-order chi connectivity index (χ1) is 11.6. The van der Waals surface area contributed by atoms with Crippen LogP contribution in [-0.2, 0) is 18.8 Å². The lowest BCUT2D eigenvalue weighted by atomic mass is 10.0. The summed E-state index contributed by atoms with van der Waals surface area (Å²) < 4.78 is 30.7. The number of rotatable bonds is 19. The summed E-state index contributed by atoms with van der Waals surface area (Å²) in [4.78, 5) is 0. The average Bonchev–Trinajstić information content (AvgIpc) is 2.57. The van der Waals surface area contributed by atoms with Gasteiger partial charge in [-0.15, -0.1) is 0 Å². The summed E-state index contributed by atoms with van der Waals surface area (Å²) in [5, 5.41) is 0. The smallest absolute Gasteiger partial charge is 0.344 e. The van der Waals surface area contributed by atoms with Gasteiger partial charge in [0, 0.05) is 0 Å². The fourth-order valence-electron chi connectivity index (χ4n) is 2.86. The van der Waals surface area contributed by atoms with Gasteiger partial charge in [-0.2, -0.15) is 8.42 Å². The Morgan fingerprint density at radius 1 is 0.600 bits per heavy atom. The van der Waals surface area contributed by atoms with Gasteiger partial charge >= 0.3 is 10.4 Å². The fourth-order valence-corrected chi connectivity index (χ4v) is 3.28. The van der Waals surface area contributed by atoms with Gasteiger partial charge in [0.15, 0.2) is 0 Å². The molecule has 0 aliphatic heterocycles. The second-order valence-corrected chi connectivity index (χ2v) is 8.09. The number of unbranched alkanes of at least 4 members (excludes halogenated alkanes) is 15. The standard InChI is InChI=1S/C19H40O4S.H3N/c1-3-4-5-6-7-8-9-10-11-12-13-14-15-16-17-18-19-23-24(20,21)22-2;/h3-19H2,1-2H3;1H3. The molecule has 154 valence electrons. The molecule has 0 aliphatic rings. The van der Waals surface area contributed by atoms with Crippen molar-refractivity contribution in [2.75, 3.05) is 13.7 Å².